The maximum atomic E-state index is 6.40. The van der Waals surface area contributed by atoms with Gasteiger partial charge in [0, 0.05) is 0 Å². The summed E-state index contributed by atoms with van der Waals surface area (Å²) in [4.78, 5) is 0. The van der Waals surface area contributed by atoms with Crippen LogP contribution in [0.3, 0.4) is 0 Å². The molecule has 4 aliphatic rings. The van der Waals surface area contributed by atoms with Crippen LogP contribution in [0.2, 0.25) is 0 Å². The smallest absolute Gasteiger partial charge is 0.402 e. The Morgan fingerprint density at radius 1 is 1.11 bits per heavy atom. The number of hydrogen-bond donors (Lipinski definition) is 0. The van der Waals surface area contributed by atoms with Gasteiger partial charge in [0.15, 0.2) is 0 Å². The van der Waals surface area contributed by atoms with Crippen LogP contribution in [-0.4, -0.2) is 18.8 Å². The van der Waals surface area contributed by atoms with E-state index in [4.69, 9.17) is 9.31 Å². The van der Waals surface area contributed by atoms with Crippen molar-refractivity contribution >= 4 is 12.6 Å². The van der Waals surface area contributed by atoms with Crippen LogP contribution in [0.5, 0.6) is 0 Å². The first-order valence-electron chi connectivity index (χ1n) is 7.40. The number of benzene rings is 1. The monoisotopic (exact) mass is 256 g/mol. The fourth-order valence-corrected chi connectivity index (χ4v) is 4.62. The number of rotatable bonds is 1. The summed E-state index contributed by atoms with van der Waals surface area (Å²) in [5, 5.41) is 0. The average Bonchev–Trinajstić information content (AvgIpc) is 2.76. The zero-order valence-electron chi connectivity index (χ0n) is 11.9. The predicted octanol–water partition coefficient (Wildman–Crippen LogP) is 2.62. The second-order valence-electron chi connectivity index (χ2n) is 7.21. The molecule has 100 valence electrons. The quantitative estimate of drug-likeness (QED) is 0.719. The Morgan fingerprint density at radius 3 is 2.53 bits per heavy atom. The highest BCUT2D eigenvalue weighted by molar-refractivity contribution is 6.62. The van der Waals surface area contributed by atoms with Crippen molar-refractivity contribution < 1.29 is 9.31 Å². The van der Waals surface area contributed by atoms with Gasteiger partial charge in [-0.2, -0.15) is 0 Å². The van der Waals surface area contributed by atoms with Crippen LogP contribution >= 0.6 is 0 Å². The van der Waals surface area contributed by atoms with E-state index in [0.717, 1.165) is 17.8 Å². The molecule has 3 heteroatoms. The molecule has 1 aromatic rings. The zero-order chi connectivity index (χ0) is 13.3. The Kier molecular flexibility index (Phi) is 2.30. The van der Waals surface area contributed by atoms with Crippen LogP contribution in [0.1, 0.15) is 33.6 Å². The summed E-state index contributed by atoms with van der Waals surface area (Å²) in [7, 11) is -0.175. The first-order chi connectivity index (χ1) is 9.02. The Labute approximate surface area is 115 Å². The maximum absolute atomic E-state index is 6.40. The van der Waals surface area contributed by atoms with E-state index in [0.29, 0.717) is 11.3 Å². The molecule has 4 atom stereocenters. The number of hydrogen-bond acceptors (Lipinski definition) is 2. The molecule has 1 saturated heterocycles. The first kappa shape index (κ1) is 12.0. The highest BCUT2D eigenvalue weighted by atomic mass is 16.7. The molecule has 0 N–H and O–H groups in total. The van der Waals surface area contributed by atoms with E-state index in [9.17, 15) is 0 Å². The van der Waals surface area contributed by atoms with Crippen LogP contribution in [0, 0.1) is 17.3 Å². The summed E-state index contributed by atoms with van der Waals surface area (Å²) >= 11 is 0. The Bertz CT molecular complexity index is 501. The molecular weight excluding hydrogens is 235 g/mol. The average molecular weight is 256 g/mol. The molecule has 1 aromatic carbocycles. The van der Waals surface area contributed by atoms with Crippen LogP contribution in [0.15, 0.2) is 30.3 Å². The molecule has 19 heavy (non-hydrogen) atoms. The zero-order valence-corrected chi connectivity index (χ0v) is 11.9. The molecule has 1 unspecified atom stereocenters. The minimum absolute atomic E-state index is 0.0985. The lowest BCUT2D eigenvalue weighted by Gasteiger charge is -2.64. The molecular formula is C16H21BO2. The molecule has 3 saturated carbocycles. The molecule has 2 nitrogen and oxygen atoms in total. The third kappa shape index (κ3) is 1.46. The minimum atomic E-state index is -0.175. The lowest BCUT2D eigenvalue weighted by Crippen LogP contribution is -2.65. The van der Waals surface area contributed by atoms with Crippen molar-refractivity contribution in [1.29, 1.82) is 0 Å². The standard InChI is InChI=1S/C16H21BO2/c1-15(2)11-9-13(15)16(3)14(10-11)18-17(19-16)12-7-5-4-6-8-12/h4-8,11,13-14H,9-10H2,1-3H3/t11?,13-,14+,16-/m1/s1. The molecule has 5 rings (SSSR count). The highest BCUT2D eigenvalue weighted by Crippen LogP contribution is 2.65. The van der Waals surface area contributed by atoms with E-state index in [1.165, 1.54) is 6.42 Å². The fourth-order valence-electron chi connectivity index (χ4n) is 4.62. The van der Waals surface area contributed by atoms with Crippen molar-refractivity contribution in [1.82, 2.24) is 0 Å². The third-order valence-electron chi connectivity index (χ3n) is 6.02. The van der Waals surface area contributed by atoms with Gasteiger partial charge in [-0.1, -0.05) is 44.2 Å². The van der Waals surface area contributed by atoms with Gasteiger partial charge in [-0.25, -0.2) is 0 Å². The van der Waals surface area contributed by atoms with Crippen molar-refractivity contribution in [3.05, 3.63) is 30.3 Å². The van der Waals surface area contributed by atoms with E-state index in [1.807, 2.05) is 6.07 Å². The van der Waals surface area contributed by atoms with E-state index >= 15 is 0 Å². The van der Waals surface area contributed by atoms with Gasteiger partial charge in [0.05, 0.1) is 11.7 Å². The molecule has 0 aromatic heterocycles. The van der Waals surface area contributed by atoms with E-state index in [2.05, 4.69) is 45.0 Å². The van der Waals surface area contributed by atoms with Crippen molar-refractivity contribution in [2.24, 2.45) is 17.3 Å². The van der Waals surface area contributed by atoms with E-state index in [1.54, 1.807) is 0 Å². The second-order valence-corrected chi connectivity index (χ2v) is 7.21. The summed E-state index contributed by atoms with van der Waals surface area (Å²) in [5.41, 5.74) is 1.46. The fraction of sp³-hybridized carbons (Fsp3) is 0.625. The molecule has 2 bridgehead atoms. The van der Waals surface area contributed by atoms with Gasteiger partial charge in [-0.15, -0.1) is 0 Å². The van der Waals surface area contributed by atoms with Crippen molar-refractivity contribution in [3.63, 3.8) is 0 Å². The van der Waals surface area contributed by atoms with Gasteiger partial charge >= 0.3 is 7.12 Å². The van der Waals surface area contributed by atoms with E-state index in [-0.39, 0.29) is 18.8 Å². The summed E-state index contributed by atoms with van der Waals surface area (Å²) in [5.74, 6) is 1.45. The normalized spacial score (nSPS) is 42.7. The first-order valence-corrected chi connectivity index (χ1v) is 7.40. The lowest BCUT2D eigenvalue weighted by molar-refractivity contribution is -0.199. The minimum Gasteiger partial charge on any atom is -0.402 e. The van der Waals surface area contributed by atoms with Gasteiger partial charge in [0.1, 0.15) is 0 Å². The summed E-state index contributed by atoms with van der Waals surface area (Å²) in [6.07, 6.45) is 2.74. The Hall–Kier alpha value is -0.795. The van der Waals surface area contributed by atoms with Crippen LogP contribution in [0.4, 0.5) is 0 Å². The SMILES string of the molecule is CC1(C)C2C[C@@H]3OB(c4ccccc4)O[C@]3(C)[C@@H]1C2. The van der Waals surface area contributed by atoms with Crippen LogP contribution in [0.25, 0.3) is 0 Å². The second kappa shape index (κ2) is 3.65. The van der Waals surface area contributed by atoms with Crippen molar-refractivity contribution in [2.75, 3.05) is 0 Å². The summed E-state index contributed by atoms with van der Waals surface area (Å²) < 4.78 is 12.6. The maximum Gasteiger partial charge on any atom is 0.494 e. The van der Waals surface area contributed by atoms with Crippen LogP contribution < -0.4 is 5.46 Å². The predicted molar refractivity (Wildman–Crippen MR) is 76.2 cm³/mol. The highest BCUT2D eigenvalue weighted by Gasteiger charge is 2.67. The Balaban J connectivity index is 1.64. The molecule has 4 fully saturated rings. The van der Waals surface area contributed by atoms with Gasteiger partial charge in [-0.3, -0.25) is 0 Å². The van der Waals surface area contributed by atoms with Gasteiger partial charge < -0.3 is 9.31 Å². The van der Waals surface area contributed by atoms with Gasteiger partial charge in [0.2, 0.25) is 0 Å². The summed E-state index contributed by atoms with van der Waals surface area (Å²) in [6, 6.07) is 10.3. The molecule has 0 radical (unpaired) electrons. The van der Waals surface area contributed by atoms with Crippen molar-refractivity contribution in [2.45, 2.75) is 45.3 Å². The lowest BCUT2D eigenvalue weighted by atomic mass is 9.43. The van der Waals surface area contributed by atoms with Gasteiger partial charge in [-0.05, 0) is 42.5 Å². The molecule has 1 aliphatic heterocycles. The molecule has 0 spiro atoms. The molecule has 3 aliphatic carbocycles. The largest absolute Gasteiger partial charge is 0.494 e. The third-order valence-corrected chi connectivity index (χ3v) is 6.02. The molecule has 0 amide bonds. The summed E-state index contributed by atoms with van der Waals surface area (Å²) in [6.45, 7) is 7.06. The van der Waals surface area contributed by atoms with Crippen molar-refractivity contribution in [3.8, 4) is 0 Å². The van der Waals surface area contributed by atoms with Crippen LogP contribution in [-0.2, 0) is 9.31 Å². The van der Waals surface area contributed by atoms with Gasteiger partial charge in [0.25, 0.3) is 0 Å². The molecule has 1 heterocycles. The topological polar surface area (TPSA) is 18.5 Å². The van der Waals surface area contributed by atoms with E-state index < -0.39 is 0 Å². The Morgan fingerprint density at radius 2 is 1.84 bits per heavy atom.